The summed E-state index contributed by atoms with van der Waals surface area (Å²) in [5.74, 6) is 0.288. The number of hydrogen-bond donors (Lipinski definition) is 1. The number of hydrogen-bond acceptors (Lipinski definition) is 2. The predicted molar refractivity (Wildman–Crippen MR) is 77.8 cm³/mol. The molecule has 0 spiro atoms. The van der Waals surface area contributed by atoms with E-state index in [9.17, 15) is 9.50 Å². The van der Waals surface area contributed by atoms with Crippen molar-refractivity contribution in [2.24, 2.45) is 0 Å². The van der Waals surface area contributed by atoms with Gasteiger partial charge < -0.3 is 9.84 Å². The zero-order chi connectivity index (χ0) is 14.5. The lowest BCUT2D eigenvalue weighted by Crippen LogP contribution is -2.14. The maximum absolute atomic E-state index is 13.3. The first-order valence-electron chi connectivity index (χ1n) is 6.34. The predicted octanol–water partition coefficient (Wildman–Crippen LogP) is 3.63. The number of methoxy groups -OCH3 is 1. The molecule has 0 heterocycles. The van der Waals surface area contributed by atoms with E-state index in [2.05, 4.69) is 0 Å². The maximum Gasteiger partial charge on any atom is 0.142 e. The highest BCUT2D eigenvalue weighted by atomic mass is 35.5. The molecular weight excluding hydrogens is 279 g/mol. The van der Waals surface area contributed by atoms with Crippen LogP contribution in [0.4, 0.5) is 4.39 Å². The molecule has 0 aliphatic rings. The number of aliphatic hydroxyl groups excluding tert-OH is 1. The van der Waals surface area contributed by atoms with E-state index in [1.807, 2.05) is 24.3 Å². The Balaban J connectivity index is 2.05. The number of benzene rings is 2. The van der Waals surface area contributed by atoms with Crippen molar-refractivity contribution in [3.05, 3.63) is 64.4 Å². The van der Waals surface area contributed by atoms with Gasteiger partial charge in [0, 0.05) is 6.42 Å². The normalized spacial score (nSPS) is 12.2. The molecule has 0 radical (unpaired) electrons. The van der Waals surface area contributed by atoms with Crippen LogP contribution in [0.15, 0.2) is 42.5 Å². The largest absolute Gasteiger partial charge is 0.497 e. The number of rotatable bonds is 5. The van der Waals surface area contributed by atoms with Gasteiger partial charge in [-0.15, -0.1) is 0 Å². The molecular formula is C16H16ClFO2. The fourth-order valence-corrected chi connectivity index (χ4v) is 2.31. The van der Waals surface area contributed by atoms with Gasteiger partial charge >= 0.3 is 0 Å². The summed E-state index contributed by atoms with van der Waals surface area (Å²) in [6.45, 7) is 0. The Morgan fingerprint density at radius 3 is 2.70 bits per heavy atom. The van der Waals surface area contributed by atoms with Gasteiger partial charge in [-0.05, 0) is 35.7 Å². The molecule has 0 aromatic heterocycles. The SMILES string of the molecule is COc1cccc(CC(O)Cc2cccc(F)c2Cl)c1. The lowest BCUT2D eigenvalue weighted by atomic mass is 10.0. The zero-order valence-corrected chi connectivity index (χ0v) is 11.9. The van der Waals surface area contributed by atoms with Gasteiger partial charge in [0.15, 0.2) is 0 Å². The van der Waals surface area contributed by atoms with Crippen molar-refractivity contribution in [1.29, 1.82) is 0 Å². The maximum atomic E-state index is 13.3. The molecule has 4 heteroatoms. The molecule has 2 rings (SSSR count). The highest BCUT2D eigenvalue weighted by molar-refractivity contribution is 6.31. The van der Waals surface area contributed by atoms with Crippen molar-refractivity contribution in [2.45, 2.75) is 18.9 Å². The summed E-state index contributed by atoms with van der Waals surface area (Å²) in [7, 11) is 1.60. The molecule has 0 aliphatic heterocycles. The van der Waals surface area contributed by atoms with Crippen molar-refractivity contribution in [2.75, 3.05) is 7.11 Å². The molecule has 0 bridgehead atoms. The second kappa shape index (κ2) is 6.73. The minimum Gasteiger partial charge on any atom is -0.497 e. The Morgan fingerprint density at radius 1 is 1.20 bits per heavy atom. The zero-order valence-electron chi connectivity index (χ0n) is 11.1. The molecule has 0 aliphatic carbocycles. The van der Waals surface area contributed by atoms with E-state index in [1.54, 1.807) is 19.2 Å². The first-order valence-corrected chi connectivity index (χ1v) is 6.72. The van der Waals surface area contributed by atoms with Crippen LogP contribution in [0.2, 0.25) is 5.02 Å². The van der Waals surface area contributed by atoms with Crippen molar-refractivity contribution < 1.29 is 14.2 Å². The van der Waals surface area contributed by atoms with Crippen LogP contribution < -0.4 is 4.74 Å². The van der Waals surface area contributed by atoms with Crippen molar-refractivity contribution in [3.63, 3.8) is 0 Å². The smallest absolute Gasteiger partial charge is 0.142 e. The quantitative estimate of drug-likeness (QED) is 0.912. The van der Waals surface area contributed by atoms with Crippen LogP contribution in [-0.2, 0) is 12.8 Å². The summed E-state index contributed by atoms with van der Waals surface area (Å²) in [6.07, 6.45) is 0.152. The third-order valence-electron chi connectivity index (χ3n) is 3.09. The van der Waals surface area contributed by atoms with Gasteiger partial charge in [0.1, 0.15) is 11.6 Å². The Hall–Kier alpha value is -1.58. The summed E-state index contributed by atoms with van der Waals surface area (Å²) in [5.41, 5.74) is 1.58. The van der Waals surface area contributed by atoms with Crippen molar-refractivity contribution in [1.82, 2.24) is 0 Å². The topological polar surface area (TPSA) is 29.5 Å². The van der Waals surface area contributed by atoms with Gasteiger partial charge in [-0.25, -0.2) is 4.39 Å². The average molecular weight is 295 g/mol. The molecule has 2 aromatic rings. The van der Waals surface area contributed by atoms with Gasteiger partial charge in [0.05, 0.1) is 18.2 Å². The standard InChI is InChI=1S/C16H16ClFO2/c1-20-14-6-2-4-11(9-14)8-13(19)10-12-5-3-7-15(18)16(12)17/h2-7,9,13,19H,8,10H2,1H3. The van der Waals surface area contributed by atoms with E-state index in [1.165, 1.54) is 6.07 Å². The van der Waals surface area contributed by atoms with Crippen LogP contribution >= 0.6 is 11.6 Å². The fraction of sp³-hybridized carbons (Fsp3) is 0.250. The third kappa shape index (κ3) is 3.71. The summed E-state index contributed by atoms with van der Waals surface area (Å²) < 4.78 is 18.5. The van der Waals surface area contributed by atoms with Crippen molar-refractivity contribution >= 4 is 11.6 Å². The van der Waals surface area contributed by atoms with E-state index in [4.69, 9.17) is 16.3 Å². The fourth-order valence-electron chi connectivity index (χ4n) is 2.10. The minimum absolute atomic E-state index is 0.0807. The molecule has 20 heavy (non-hydrogen) atoms. The van der Waals surface area contributed by atoms with E-state index in [0.29, 0.717) is 18.4 Å². The molecule has 1 N–H and O–H groups in total. The van der Waals surface area contributed by atoms with Crippen LogP contribution in [0.3, 0.4) is 0 Å². The first kappa shape index (κ1) is 14.8. The molecule has 2 aromatic carbocycles. The molecule has 0 saturated heterocycles. The Kier molecular flexibility index (Phi) is 4.99. The van der Waals surface area contributed by atoms with Crippen LogP contribution in [-0.4, -0.2) is 18.3 Å². The van der Waals surface area contributed by atoms with Gasteiger partial charge in [-0.1, -0.05) is 35.9 Å². The van der Waals surface area contributed by atoms with Gasteiger partial charge in [-0.2, -0.15) is 0 Å². The second-order valence-corrected chi connectivity index (χ2v) is 5.00. The number of ether oxygens (including phenoxy) is 1. The summed E-state index contributed by atoms with van der Waals surface area (Å²) in [5, 5.41) is 10.2. The molecule has 2 nitrogen and oxygen atoms in total. The van der Waals surface area contributed by atoms with E-state index in [-0.39, 0.29) is 5.02 Å². The molecule has 1 atom stereocenters. The Morgan fingerprint density at radius 2 is 1.95 bits per heavy atom. The summed E-state index contributed by atoms with van der Waals surface area (Å²) >= 11 is 5.88. The minimum atomic E-state index is -0.624. The first-order chi connectivity index (χ1) is 9.60. The lowest BCUT2D eigenvalue weighted by molar-refractivity contribution is 0.175. The molecule has 0 saturated carbocycles. The second-order valence-electron chi connectivity index (χ2n) is 4.63. The van der Waals surface area contributed by atoms with E-state index in [0.717, 1.165) is 11.3 Å². The molecule has 1 unspecified atom stereocenters. The van der Waals surface area contributed by atoms with Crippen molar-refractivity contribution in [3.8, 4) is 5.75 Å². The van der Waals surface area contributed by atoms with Crippen LogP contribution in [0.25, 0.3) is 0 Å². The number of aliphatic hydroxyl groups is 1. The highest BCUT2D eigenvalue weighted by Crippen LogP contribution is 2.22. The summed E-state index contributed by atoms with van der Waals surface area (Å²) in [4.78, 5) is 0. The molecule has 0 amide bonds. The van der Waals surface area contributed by atoms with Crippen LogP contribution in [0.5, 0.6) is 5.75 Å². The van der Waals surface area contributed by atoms with Crippen LogP contribution in [0, 0.1) is 5.82 Å². The number of halogens is 2. The lowest BCUT2D eigenvalue weighted by Gasteiger charge is -2.13. The highest BCUT2D eigenvalue weighted by Gasteiger charge is 2.12. The van der Waals surface area contributed by atoms with E-state index >= 15 is 0 Å². The summed E-state index contributed by atoms with van der Waals surface area (Å²) in [6, 6.07) is 12.1. The van der Waals surface area contributed by atoms with Gasteiger partial charge in [-0.3, -0.25) is 0 Å². The molecule has 0 fully saturated rings. The molecule has 106 valence electrons. The van der Waals surface area contributed by atoms with Gasteiger partial charge in [0.25, 0.3) is 0 Å². The third-order valence-corrected chi connectivity index (χ3v) is 3.52. The Labute approximate surface area is 122 Å². The van der Waals surface area contributed by atoms with Gasteiger partial charge in [0.2, 0.25) is 0 Å². The average Bonchev–Trinajstić information content (AvgIpc) is 2.44. The monoisotopic (exact) mass is 294 g/mol. The Bertz CT molecular complexity index is 586. The van der Waals surface area contributed by atoms with E-state index < -0.39 is 11.9 Å². The van der Waals surface area contributed by atoms with Crippen LogP contribution in [0.1, 0.15) is 11.1 Å².